The van der Waals surface area contributed by atoms with E-state index < -0.39 is 11.6 Å². The molecule has 0 unspecified atom stereocenters. The van der Waals surface area contributed by atoms with Gasteiger partial charge in [-0.05, 0) is 49.2 Å². The monoisotopic (exact) mass is 456 g/mol. The van der Waals surface area contributed by atoms with E-state index in [9.17, 15) is 18.4 Å². The zero-order chi connectivity index (χ0) is 21.9. The molecule has 162 valence electrons. The van der Waals surface area contributed by atoms with Crippen LogP contribution in [0, 0.1) is 11.6 Å². The first-order chi connectivity index (χ1) is 14.3. The third-order valence-corrected chi connectivity index (χ3v) is 5.04. The third kappa shape index (κ3) is 8.67. The lowest BCUT2D eigenvalue weighted by molar-refractivity contribution is -0.117. The Hall–Kier alpha value is -2.18. The number of hydrogen-bond acceptors (Lipinski definition) is 2. The molecular weight excluding hydrogens is 433 g/mol. The number of hydrogen-bond donors (Lipinski definition) is 2. The summed E-state index contributed by atoms with van der Waals surface area (Å²) in [5.74, 6) is -1.30. The van der Waals surface area contributed by atoms with Crippen LogP contribution < -0.4 is 10.6 Å². The van der Waals surface area contributed by atoms with E-state index in [2.05, 4.69) is 10.6 Å². The average molecular weight is 457 g/mol. The number of carbonyl (C=O) groups is 2. The van der Waals surface area contributed by atoms with Crippen LogP contribution in [0.5, 0.6) is 0 Å². The van der Waals surface area contributed by atoms with Crippen molar-refractivity contribution in [3.63, 3.8) is 0 Å². The summed E-state index contributed by atoms with van der Waals surface area (Å²) in [6.07, 6.45) is 6.07. The number of halogens is 4. The first-order valence-corrected chi connectivity index (χ1v) is 10.6. The second-order valence-electron chi connectivity index (χ2n) is 6.98. The number of carbonyl (C=O) groups excluding carboxylic acids is 2. The molecule has 0 aromatic heterocycles. The summed E-state index contributed by atoms with van der Waals surface area (Å²) in [6.45, 7) is 0. The van der Waals surface area contributed by atoms with Crippen LogP contribution in [-0.2, 0) is 9.59 Å². The Bertz CT molecular complexity index is 807. The smallest absolute Gasteiger partial charge is 0.224 e. The number of unbranched alkanes of at least 4 members (excludes halogenated alkanes) is 5. The summed E-state index contributed by atoms with van der Waals surface area (Å²) in [7, 11) is 0. The zero-order valence-corrected chi connectivity index (χ0v) is 18.0. The van der Waals surface area contributed by atoms with E-state index in [4.69, 9.17) is 23.2 Å². The zero-order valence-electron chi connectivity index (χ0n) is 16.4. The number of nitrogens with one attached hydrogen (secondary N) is 2. The van der Waals surface area contributed by atoms with Crippen molar-refractivity contribution in [2.75, 3.05) is 10.6 Å². The predicted octanol–water partition coefficient (Wildman–Crippen LogP) is 6.97. The van der Waals surface area contributed by atoms with Gasteiger partial charge >= 0.3 is 0 Å². The SMILES string of the molecule is O=C(CCCCCCCCC(=O)Nc1ccc(F)c(Cl)c1)Nc1ccc(F)c(Cl)c1. The van der Waals surface area contributed by atoms with E-state index in [1.807, 2.05) is 0 Å². The lowest BCUT2D eigenvalue weighted by Gasteiger charge is -2.07. The maximum absolute atomic E-state index is 13.1. The lowest BCUT2D eigenvalue weighted by atomic mass is 10.1. The van der Waals surface area contributed by atoms with Gasteiger partial charge in [0.05, 0.1) is 10.0 Å². The maximum Gasteiger partial charge on any atom is 0.224 e. The van der Waals surface area contributed by atoms with E-state index in [0.717, 1.165) is 38.5 Å². The predicted molar refractivity (Wildman–Crippen MR) is 117 cm³/mol. The van der Waals surface area contributed by atoms with Crippen molar-refractivity contribution >= 4 is 46.4 Å². The first-order valence-electron chi connectivity index (χ1n) is 9.85. The normalized spacial score (nSPS) is 10.7. The molecule has 0 atom stereocenters. The molecule has 0 saturated heterocycles. The number of amides is 2. The van der Waals surface area contributed by atoms with Crippen LogP contribution in [0.4, 0.5) is 20.2 Å². The summed E-state index contributed by atoms with van der Waals surface area (Å²) in [6, 6.07) is 8.14. The van der Waals surface area contributed by atoms with E-state index in [0.29, 0.717) is 24.2 Å². The Morgan fingerprint density at radius 3 is 1.40 bits per heavy atom. The van der Waals surface area contributed by atoms with Gasteiger partial charge in [0.15, 0.2) is 0 Å². The Balaban J connectivity index is 1.50. The highest BCUT2D eigenvalue weighted by Gasteiger charge is 2.07. The van der Waals surface area contributed by atoms with Gasteiger partial charge in [-0.2, -0.15) is 0 Å². The summed E-state index contributed by atoms with van der Waals surface area (Å²) in [5.41, 5.74) is 0.958. The van der Waals surface area contributed by atoms with Gasteiger partial charge in [0.25, 0.3) is 0 Å². The molecule has 4 nitrogen and oxygen atoms in total. The molecular formula is C22H24Cl2F2N2O2. The van der Waals surface area contributed by atoms with Crippen LogP contribution >= 0.6 is 23.2 Å². The van der Waals surface area contributed by atoms with Crippen molar-refractivity contribution in [2.24, 2.45) is 0 Å². The number of rotatable bonds is 11. The Morgan fingerprint density at radius 2 is 1.03 bits per heavy atom. The van der Waals surface area contributed by atoms with E-state index >= 15 is 0 Å². The Morgan fingerprint density at radius 1 is 0.667 bits per heavy atom. The molecule has 2 N–H and O–H groups in total. The van der Waals surface area contributed by atoms with Gasteiger partial charge in [-0.3, -0.25) is 9.59 Å². The van der Waals surface area contributed by atoms with Crippen molar-refractivity contribution in [2.45, 2.75) is 51.4 Å². The van der Waals surface area contributed by atoms with Gasteiger partial charge in [-0.15, -0.1) is 0 Å². The van der Waals surface area contributed by atoms with E-state index in [1.165, 1.54) is 36.4 Å². The molecule has 2 amide bonds. The van der Waals surface area contributed by atoms with Gasteiger partial charge in [0, 0.05) is 24.2 Å². The summed E-state index contributed by atoms with van der Waals surface area (Å²) in [4.78, 5) is 23.8. The standard InChI is InChI=1S/C22H24Cl2F2N2O2/c23-17-13-15(9-11-19(17)25)27-21(29)7-5-3-1-2-4-6-8-22(30)28-16-10-12-20(26)18(24)14-16/h9-14H,1-8H2,(H,27,29)(H,28,30). The van der Waals surface area contributed by atoms with Crippen LogP contribution in [0.2, 0.25) is 10.0 Å². The summed E-state index contributed by atoms with van der Waals surface area (Å²) < 4.78 is 26.2. The molecule has 0 bridgehead atoms. The summed E-state index contributed by atoms with van der Waals surface area (Å²) in [5, 5.41) is 5.34. The maximum atomic E-state index is 13.1. The Labute approximate surface area is 184 Å². The number of benzene rings is 2. The minimum absolute atomic E-state index is 0.0251. The quantitative estimate of drug-likeness (QED) is 0.358. The molecule has 30 heavy (non-hydrogen) atoms. The highest BCUT2D eigenvalue weighted by Crippen LogP contribution is 2.21. The highest BCUT2D eigenvalue weighted by molar-refractivity contribution is 6.31. The fourth-order valence-electron chi connectivity index (χ4n) is 2.87. The largest absolute Gasteiger partial charge is 0.326 e. The minimum Gasteiger partial charge on any atom is -0.326 e. The van der Waals surface area contributed by atoms with Crippen molar-refractivity contribution in [3.05, 3.63) is 58.1 Å². The van der Waals surface area contributed by atoms with E-state index in [-0.39, 0.29) is 21.9 Å². The van der Waals surface area contributed by atoms with Crippen molar-refractivity contribution in [1.82, 2.24) is 0 Å². The van der Waals surface area contributed by atoms with E-state index in [1.54, 1.807) is 0 Å². The lowest BCUT2D eigenvalue weighted by Crippen LogP contribution is -2.11. The van der Waals surface area contributed by atoms with Gasteiger partial charge in [0.1, 0.15) is 11.6 Å². The first kappa shape index (κ1) is 24.1. The molecule has 0 aliphatic heterocycles. The molecule has 2 aromatic carbocycles. The molecule has 2 aromatic rings. The van der Waals surface area contributed by atoms with Crippen LogP contribution in [0.15, 0.2) is 36.4 Å². The van der Waals surface area contributed by atoms with Crippen LogP contribution in [-0.4, -0.2) is 11.8 Å². The fraction of sp³-hybridized carbons (Fsp3) is 0.364. The number of anilines is 2. The molecule has 0 radical (unpaired) electrons. The topological polar surface area (TPSA) is 58.2 Å². The van der Waals surface area contributed by atoms with Gasteiger partial charge in [-0.25, -0.2) is 8.78 Å². The second-order valence-corrected chi connectivity index (χ2v) is 7.79. The van der Waals surface area contributed by atoms with Crippen molar-refractivity contribution < 1.29 is 18.4 Å². The van der Waals surface area contributed by atoms with Crippen LogP contribution in [0.3, 0.4) is 0 Å². The van der Waals surface area contributed by atoms with Gasteiger partial charge < -0.3 is 10.6 Å². The molecule has 0 spiro atoms. The van der Waals surface area contributed by atoms with Gasteiger partial charge in [0.2, 0.25) is 11.8 Å². The van der Waals surface area contributed by atoms with Crippen molar-refractivity contribution in [3.8, 4) is 0 Å². The molecule has 0 aliphatic carbocycles. The minimum atomic E-state index is -0.521. The highest BCUT2D eigenvalue weighted by atomic mass is 35.5. The Kier molecular flexibility index (Phi) is 10.0. The summed E-state index contributed by atoms with van der Waals surface area (Å²) >= 11 is 11.4. The van der Waals surface area contributed by atoms with Crippen molar-refractivity contribution in [1.29, 1.82) is 0 Å². The van der Waals surface area contributed by atoms with Gasteiger partial charge in [-0.1, -0.05) is 48.9 Å². The third-order valence-electron chi connectivity index (χ3n) is 4.46. The molecule has 0 saturated carbocycles. The average Bonchev–Trinajstić information content (AvgIpc) is 2.69. The second kappa shape index (κ2) is 12.5. The molecule has 0 fully saturated rings. The molecule has 2 rings (SSSR count). The van der Waals surface area contributed by atoms with Crippen LogP contribution in [0.25, 0.3) is 0 Å². The van der Waals surface area contributed by atoms with Crippen LogP contribution in [0.1, 0.15) is 51.4 Å². The molecule has 0 heterocycles. The molecule has 8 heteroatoms. The fourth-order valence-corrected chi connectivity index (χ4v) is 3.23. The molecule has 0 aliphatic rings.